The number of fused-ring (bicyclic) bond motifs is 2. The van der Waals surface area contributed by atoms with Crippen molar-refractivity contribution in [1.29, 1.82) is 0 Å². The summed E-state index contributed by atoms with van der Waals surface area (Å²) in [6, 6.07) is 11.8. The second-order valence-corrected chi connectivity index (χ2v) is 7.71. The second kappa shape index (κ2) is 7.83. The lowest BCUT2D eigenvalue weighted by molar-refractivity contribution is -0.126. The Morgan fingerprint density at radius 1 is 1.16 bits per heavy atom. The van der Waals surface area contributed by atoms with Gasteiger partial charge >= 0.3 is 5.97 Å². The number of carbonyl (C=O) groups is 4. The number of amides is 3. The number of benzene rings is 2. The van der Waals surface area contributed by atoms with Gasteiger partial charge in [-0.25, -0.2) is 4.79 Å². The van der Waals surface area contributed by atoms with Crippen LogP contribution < -0.4 is 4.90 Å². The van der Waals surface area contributed by atoms with Crippen LogP contribution in [0.4, 0.5) is 5.69 Å². The fourth-order valence-electron chi connectivity index (χ4n) is 4.09. The average molecular weight is 418 g/mol. The van der Waals surface area contributed by atoms with Gasteiger partial charge in [-0.3, -0.25) is 19.3 Å². The second-order valence-electron chi connectivity index (χ2n) is 7.71. The van der Waals surface area contributed by atoms with Crippen molar-refractivity contribution in [3.05, 3.63) is 77.4 Å². The fourth-order valence-corrected chi connectivity index (χ4v) is 4.09. The molecule has 0 saturated carbocycles. The summed E-state index contributed by atoms with van der Waals surface area (Å²) in [5, 5.41) is 0. The Kier molecular flexibility index (Phi) is 5.19. The molecular weight excluding hydrogens is 396 g/mol. The lowest BCUT2D eigenvalue weighted by Crippen LogP contribution is -2.43. The molecule has 0 spiro atoms. The number of hydrogen-bond donors (Lipinski definition) is 0. The normalized spacial score (nSPS) is 17.9. The standard InChI is InChI=1S/C24H22N2O5/c1-4-11-25-22(28)18-10-9-17(13-19(18)23(25)29)24(30)31-15(3)21(27)26-14(2)12-16-7-5-6-8-20(16)26/h4-10,13-15H,1,11-12H2,2-3H3/t14-,15-/m0/s1. The number of ether oxygens (including phenoxy) is 1. The van der Waals surface area contributed by atoms with Crippen molar-refractivity contribution in [3.8, 4) is 0 Å². The molecule has 0 aliphatic carbocycles. The molecule has 158 valence electrons. The van der Waals surface area contributed by atoms with Crippen LogP contribution in [0.3, 0.4) is 0 Å². The molecule has 7 nitrogen and oxygen atoms in total. The molecule has 2 atom stereocenters. The van der Waals surface area contributed by atoms with E-state index < -0.39 is 23.9 Å². The van der Waals surface area contributed by atoms with Crippen LogP contribution in [0.15, 0.2) is 55.1 Å². The minimum Gasteiger partial charge on any atom is -0.449 e. The molecule has 31 heavy (non-hydrogen) atoms. The predicted molar refractivity (Wildman–Crippen MR) is 114 cm³/mol. The molecule has 2 aromatic rings. The van der Waals surface area contributed by atoms with Gasteiger partial charge in [0.25, 0.3) is 17.7 Å². The van der Waals surface area contributed by atoms with E-state index in [0.29, 0.717) is 0 Å². The predicted octanol–water partition coefficient (Wildman–Crippen LogP) is 2.99. The molecule has 2 aliphatic rings. The van der Waals surface area contributed by atoms with Crippen molar-refractivity contribution in [3.63, 3.8) is 0 Å². The van der Waals surface area contributed by atoms with Gasteiger partial charge in [-0.1, -0.05) is 24.3 Å². The van der Waals surface area contributed by atoms with E-state index in [1.165, 1.54) is 31.2 Å². The maximum atomic E-state index is 13.0. The van der Waals surface area contributed by atoms with E-state index in [0.717, 1.165) is 22.6 Å². The Labute approximate surface area is 179 Å². The average Bonchev–Trinajstić information content (AvgIpc) is 3.21. The van der Waals surface area contributed by atoms with Crippen molar-refractivity contribution >= 4 is 29.4 Å². The molecular formula is C24H22N2O5. The Morgan fingerprint density at radius 2 is 1.87 bits per heavy atom. The van der Waals surface area contributed by atoms with Crippen molar-refractivity contribution in [1.82, 2.24) is 4.90 Å². The van der Waals surface area contributed by atoms with Gasteiger partial charge in [-0.15, -0.1) is 6.58 Å². The molecule has 0 radical (unpaired) electrons. The van der Waals surface area contributed by atoms with E-state index in [9.17, 15) is 19.2 Å². The van der Waals surface area contributed by atoms with E-state index in [-0.39, 0.29) is 35.2 Å². The van der Waals surface area contributed by atoms with Crippen LogP contribution in [-0.2, 0) is 16.0 Å². The maximum absolute atomic E-state index is 13.0. The monoisotopic (exact) mass is 418 g/mol. The first-order valence-corrected chi connectivity index (χ1v) is 10.1. The first-order chi connectivity index (χ1) is 14.8. The summed E-state index contributed by atoms with van der Waals surface area (Å²) in [5.41, 5.74) is 2.38. The molecule has 0 saturated heterocycles. The summed E-state index contributed by atoms with van der Waals surface area (Å²) in [6.07, 6.45) is 1.19. The van der Waals surface area contributed by atoms with Crippen LogP contribution in [0.1, 0.15) is 50.5 Å². The van der Waals surface area contributed by atoms with Crippen molar-refractivity contribution in [2.75, 3.05) is 11.4 Å². The number of nitrogens with zero attached hydrogens (tertiary/aromatic N) is 2. The molecule has 0 unspecified atom stereocenters. The highest BCUT2D eigenvalue weighted by molar-refractivity contribution is 6.22. The molecule has 3 amide bonds. The highest BCUT2D eigenvalue weighted by Crippen LogP contribution is 2.32. The number of anilines is 1. The van der Waals surface area contributed by atoms with E-state index in [4.69, 9.17) is 4.74 Å². The lowest BCUT2D eigenvalue weighted by atomic mass is 10.1. The van der Waals surface area contributed by atoms with Crippen LogP contribution in [0.25, 0.3) is 0 Å². The van der Waals surface area contributed by atoms with E-state index in [1.54, 1.807) is 4.90 Å². The van der Waals surface area contributed by atoms with Gasteiger partial charge in [0.2, 0.25) is 0 Å². The van der Waals surface area contributed by atoms with Crippen LogP contribution in [0.5, 0.6) is 0 Å². The topological polar surface area (TPSA) is 84.0 Å². The first kappa shape index (κ1) is 20.5. The third-order valence-corrected chi connectivity index (χ3v) is 5.59. The summed E-state index contributed by atoms with van der Waals surface area (Å²) >= 11 is 0. The molecule has 0 N–H and O–H groups in total. The molecule has 4 rings (SSSR count). The number of carbonyl (C=O) groups excluding carboxylic acids is 4. The number of rotatable bonds is 5. The molecule has 7 heteroatoms. The molecule has 0 bridgehead atoms. The summed E-state index contributed by atoms with van der Waals surface area (Å²) in [4.78, 5) is 53.2. The Balaban J connectivity index is 1.51. The quantitative estimate of drug-likeness (QED) is 0.423. The Bertz CT molecular complexity index is 1120. The summed E-state index contributed by atoms with van der Waals surface area (Å²) < 4.78 is 5.41. The van der Waals surface area contributed by atoms with Gasteiger partial charge in [-0.2, -0.15) is 0 Å². The van der Waals surface area contributed by atoms with Gasteiger partial charge < -0.3 is 9.64 Å². The van der Waals surface area contributed by atoms with Crippen LogP contribution in [0, 0.1) is 0 Å². The Morgan fingerprint density at radius 3 is 2.61 bits per heavy atom. The van der Waals surface area contributed by atoms with Crippen molar-refractivity contribution in [2.45, 2.75) is 32.4 Å². The van der Waals surface area contributed by atoms with Gasteiger partial charge in [0, 0.05) is 18.3 Å². The van der Waals surface area contributed by atoms with E-state index >= 15 is 0 Å². The number of imide groups is 1. The lowest BCUT2D eigenvalue weighted by Gasteiger charge is -2.26. The smallest absolute Gasteiger partial charge is 0.338 e. The van der Waals surface area contributed by atoms with Gasteiger partial charge in [0.05, 0.1) is 16.7 Å². The molecule has 2 aromatic carbocycles. The summed E-state index contributed by atoms with van der Waals surface area (Å²) in [7, 11) is 0. The number of para-hydroxylation sites is 1. The zero-order valence-corrected chi connectivity index (χ0v) is 17.3. The van der Waals surface area contributed by atoms with E-state index in [2.05, 4.69) is 6.58 Å². The molecule has 2 aliphatic heterocycles. The van der Waals surface area contributed by atoms with Crippen molar-refractivity contribution in [2.24, 2.45) is 0 Å². The molecule has 2 heterocycles. The van der Waals surface area contributed by atoms with Crippen LogP contribution >= 0.6 is 0 Å². The zero-order valence-electron chi connectivity index (χ0n) is 17.3. The van der Waals surface area contributed by atoms with Gasteiger partial charge in [0.1, 0.15) is 0 Å². The van der Waals surface area contributed by atoms with Crippen molar-refractivity contribution < 1.29 is 23.9 Å². The third kappa shape index (κ3) is 3.42. The number of esters is 1. The van der Waals surface area contributed by atoms with Gasteiger partial charge in [-0.05, 0) is 50.1 Å². The third-order valence-electron chi connectivity index (χ3n) is 5.59. The minimum atomic E-state index is -1.01. The molecule has 0 fully saturated rings. The van der Waals surface area contributed by atoms with E-state index in [1.807, 2.05) is 31.2 Å². The Hall–Kier alpha value is -3.74. The van der Waals surface area contributed by atoms with Gasteiger partial charge in [0.15, 0.2) is 6.10 Å². The highest BCUT2D eigenvalue weighted by atomic mass is 16.5. The zero-order chi connectivity index (χ0) is 22.3. The largest absolute Gasteiger partial charge is 0.449 e. The summed E-state index contributed by atoms with van der Waals surface area (Å²) in [6.45, 7) is 7.12. The highest BCUT2D eigenvalue weighted by Gasteiger charge is 2.37. The maximum Gasteiger partial charge on any atom is 0.338 e. The van der Waals surface area contributed by atoms with Crippen LogP contribution in [0.2, 0.25) is 0 Å². The SMILES string of the molecule is C=CCN1C(=O)c2ccc(C(=O)O[C@@H](C)C(=O)N3c4ccccc4C[C@@H]3C)cc2C1=O. The minimum absolute atomic E-state index is 0.0366. The fraction of sp³-hybridized carbons (Fsp3) is 0.250. The summed E-state index contributed by atoms with van der Waals surface area (Å²) in [5.74, 6) is -1.95. The first-order valence-electron chi connectivity index (χ1n) is 10.1. The van der Waals surface area contributed by atoms with Crippen LogP contribution in [-0.4, -0.2) is 47.3 Å². The number of hydrogen-bond acceptors (Lipinski definition) is 5. The molecule has 0 aromatic heterocycles.